The van der Waals surface area contributed by atoms with Crippen molar-refractivity contribution in [3.05, 3.63) is 81.2 Å². The molecule has 0 aliphatic heterocycles. The Balaban J connectivity index is 2.09. The second-order valence-electron chi connectivity index (χ2n) is 6.60. The van der Waals surface area contributed by atoms with E-state index in [0.717, 1.165) is 0 Å². The fourth-order valence-corrected chi connectivity index (χ4v) is 4.69. The molecule has 8 heteroatoms. The van der Waals surface area contributed by atoms with Gasteiger partial charge in [-0.3, -0.25) is 9.59 Å². The SMILES string of the molecule is COc1ccc(S(=O)(=O)C2=C(C)C(=NC(=O)c3ccc(Cl)cc3)C=C(C)C2=O)cc1. The molecule has 0 saturated heterocycles. The first-order valence-corrected chi connectivity index (χ1v) is 10.7. The van der Waals surface area contributed by atoms with E-state index in [1.165, 1.54) is 63.4 Å². The Morgan fingerprint density at radius 1 is 1.00 bits per heavy atom. The number of Topliss-reactive ketones (excluding diaryl/α,β-unsaturated/α-hetero) is 1. The highest BCUT2D eigenvalue weighted by atomic mass is 35.5. The van der Waals surface area contributed by atoms with Crippen LogP contribution in [0.15, 0.2) is 80.5 Å². The van der Waals surface area contributed by atoms with Crippen molar-refractivity contribution < 1.29 is 22.7 Å². The van der Waals surface area contributed by atoms with Gasteiger partial charge in [0.05, 0.1) is 17.7 Å². The molecule has 154 valence electrons. The van der Waals surface area contributed by atoms with Gasteiger partial charge < -0.3 is 4.74 Å². The molecule has 0 spiro atoms. The number of halogens is 1. The number of hydrogen-bond acceptors (Lipinski definition) is 5. The van der Waals surface area contributed by atoms with E-state index in [0.29, 0.717) is 16.3 Å². The molecule has 0 bridgehead atoms. The van der Waals surface area contributed by atoms with Crippen molar-refractivity contribution in [1.82, 2.24) is 0 Å². The number of amides is 1. The molecule has 0 fully saturated rings. The lowest BCUT2D eigenvalue weighted by atomic mass is 9.98. The normalized spacial score (nSPS) is 15.9. The van der Waals surface area contributed by atoms with Gasteiger partial charge in [0, 0.05) is 10.6 Å². The van der Waals surface area contributed by atoms with E-state index >= 15 is 0 Å². The third-order valence-corrected chi connectivity index (χ3v) is 6.77. The van der Waals surface area contributed by atoms with Gasteiger partial charge in [0.2, 0.25) is 15.6 Å². The van der Waals surface area contributed by atoms with Gasteiger partial charge >= 0.3 is 0 Å². The Kier molecular flexibility index (Phi) is 6.05. The van der Waals surface area contributed by atoms with Crippen LogP contribution in [-0.2, 0) is 14.6 Å². The molecule has 1 amide bonds. The Morgan fingerprint density at radius 3 is 2.17 bits per heavy atom. The number of nitrogens with zero attached hydrogens (tertiary/aromatic N) is 1. The highest BCUT2D eigenvalue weighted by Crippen LogP contribution is 2.30. The molecule has 2 aromatic carbocycles. The molecule has 0 aromatic heterocycles. The van der Waals surface area contributed by atoms with E-state index in [1.807, 2.05) is 0 Å². The standard InChI is InChI=1S/C22H18ClNO5S/c1-13-12-19(24-22(26)15-4-6-16(23)7-5-15)14(2)21(20(13)25)30(27,28)18-10-8-17(29-3)9-11-18/h4-12H,1-3H3. The maximum Gasteiger partial charge on any atom is 0.277 e. The quantitative estimate of drug-likeness (QED) is 0.660. The van der Waals surface area contributed by atoms with E-state index < -0.39 is 26.4 Å². The van der Waals surface area contributed by atoms with Gasteiger partial charge in [-0.15, -0.1) is 0 Å². The molecule has 0 unspecified atom stereocenters. The Labute approximate surface area is 179 Å². The first-order valence-electron chi connectivity index (χ1n) is 8.87. The molecule has 6 nitrogen and oxygen atoms in total. The first kappa shape index (κ1) is 21.7. The topological polar surface area (TPSA) is 89.9 Å². The second kappa shape index (κ2) is 8.38. The van der Waals surface area contributed by atoms with Crippen molar-refractivity contribution in [3.8, 4) is 5.75 Å². The van der Waals surface area contributed by atoms with E-state index in [9.17, 15) is 18.0 Å². The number of benzene rings is 2. The fraction of sp³-hybridized carbons (Fsp3) is 0.136. The van der Waals surface area contributed by atoms with Gasteiger partial charge in [-0.2, -0.15) is 0 Å². The number of carbonyl (C=O) groups is 2. The fourth-order valence-electron chi connectivity index (χ4n) is 2.92. The average molecular weight is 444 g/mol. The third-order valence-electron chi connectivity index (χ3n) is 4.59. The van der Waals surface area contributed by atoms with Gasteiger partial charge in [0.15, 0.2) is 0 Å². The average Bonchev–Trinajstić information content (AvgIpc) is 2.72. The summed E-state index contributed by atoms with van der Waals surface area (Å²) in [5, 5.41) is 0.474. The lowest BCUT2D eigenvalue weighted by Gasteiger charge is -2.18. The van der Waals surface area contributed by atoms with Crippen molar-refractivity contribution in [2.45, 2.75) is 18.7 Å². The lowest BCUT2D eigenvalue weighted by Crippen LogP contribution is -2.24. The summed E-state index contributed by atoms with van der Waals surface area (Å²) in [6.07, 6.45) is 1.42. The van der Waals surface area contributed by atoms with Crippen LogP contribution in [-0.4, -0.2) is 32.9 Å². The van der Waals surface area contributed by atoms with Crippen LogP contribution in [0.3, 0.4) is 0 Å². The van der Waals surface area contributed by atoms with Gasteiger partial charge in [0.1, 0.15) is 10.7 Å². The zero-order valence-corrected chi connectivity index (χ0v) is 18.0. The molecule has 2 aromatic rings. The van der Waals surface area contributed by atoms with Crippen molar-refractivity contribution in [3.63, 3.8) is 0 Å². The number of aliphatic imine (C=N–C) groups is 1. The smallest absolute Gasteiger partial charge is 0.277 e. The predicted molar refractivity (Wildman–Crippen MR) is 115 cm³/mol. The summed E-state index contributed by atoms with van der Waals surface area (Å²) in [6.45, 7) is 2.95. The van der Waals surface area contributed by atoms with Crippen LogP contribution >= 0.6 is 11.6 Å². The second-order valence-corrected chi connectivity index (χ2v) is 8.92. The van der Waals surface area contributed by atoms with Crippen molar-refractivity contribution >= 4 is 38.8 Å². The number of sulfone groups is 1. The Bertz CT molecular complexity index is 1220. The maximum absolute atomic E-state index is 13.2. The molecule has 0 N–H and O–H groups in total. The van der Waals surface area contributed by atoms with Gasteiger partial charge in [-0.25, -0.2) is 13.4 Å². The van der Waals surface area contributed by atoms with E-state index in [1.54, 1.807) is 12.1 Å². The van der Waals surface area contributed by atoms with E-state index in [2.05, 4.69) is 4.99 Å². The molecular formula is C22H18ClNO5S. The van der Waals surface area contributed by atoms with Crippen LogP contribution in [0.1, 0.15) is 24.2 Å². The Hall–Kier alpha value is -3.03. The van der Waals surface area contributed by atoms with E-state index in [-0.39, 0.29) is 21.8 Å². The number of hydrogen-bond donors (Lipinski definition) is 0. The van der Waals surface area contributed by atoms with Crippen LogP contribution < -0.4 is 4.74 Å². The largest absolute Gasteiger partial charge is 0.497 e. The van der Waals surface area contributed by atoms with Gasteiger partial charge in [0.25, 0.3) is 5.91 Å². The van der Waals surface area contributed by atoms with Crippen molar-refractivity contribution in [1.29, 1.82) is 0 Å². The molecule has 30 heavy (non-hydrogen) atoms. The molecule has 0 saturated carbocycles. The third kappa shape index (κ3) is 4.13. The van der Waals surface area contributed by atoms with Crippen LogP contribution in [0.4, 0.5) is 0 Å². The number of ketones is 1. The highest BCUT2D eigenvalue weighted by molar-refractivity contribution is 7.96. The summed E-state index contributed by atoms with van der Waals surface area (Å²) in [7, 11) is -2.67. The summed E-state index contributed by atoms with van der Waals surface area (Å²) in [5.74, 6) is -0.705. The minimum absolute atomic E-state index is 0.0518. The molecule has 1 aliphatic carbocycles. The Morgan fingerprint density at radius 2 is 1.60 bits per heavy atom. The molecule has 0 heterocycles. The summed E-state index contributed by atoms with van der Waals surface area (Å²) < 4.78 is 31.4. The zero-order chi connectivity index (χ0) is 22.1. The van der Waals surface area contributed by atoms with Crippen molar-refractivity contribution in [2.75, 3.05) is 7.11 Å². The number of ether oxygens (including phenoxy) is 1. The molecule has 1 aliphatic rings. The molecular weight excluding hydrogens is 426 g/mol. The molecule has 3 rings (SSSR count). The van der Waals surface area contributed by atoms with Crippen molar-refractivity contribution in [2.24, 2.45) is 4.99 Å². The summed E-state index contributed by atoms with van der Waals surface area (Å²) in [6, 6.07) is 11.9. The minimum atomic E-state index is -4.13. The van der Waals surface area contributed by atoms with E-state index in [4.69, 9.17) is 16.3 Å². The van der Waals surface area contributed by atoms with Crippen LogP contribution in [0.5, 0.6) is 5.75 Å². The monoisotopic (exact) mass is 443 g/mol. The lowest BCUT2D eigenvalue weighted by molar-refractivity contribution is -0.111. The zero-order valence-electron chi connectivity index (χ0n) is 16.5. The van der Waals surface area contributed by atoms with Crippen LogP contribution in [0.2, 0.25) is 5.02 Å². The molecule has 0 atom stereocenters. The number of carbonyl (C=O) groups excluding carboxylic acids is 2. The number of methoxy groups -OCH3 is 1. The number of allylic oxidation sites excluding steroid dienone is 4. The molecule has 0 radical (unpaired) electrons. The van der Waals surface area contributed by atoms with Crippen LogP contribution in [0.25, 0.3) is 0 Å². The summed E-state index contributed by atoms with van der Waals surface area (Å²) in [4.78, 5) is 28.9. The summed E-state index contributed by atoms with van der Waals surface area (Å²) >= 11 is 5.84. The predicted octanol–water partition coefficient (Wildman–Crippen LogP) is 4.21. The first-order chi connectivity index (χ1) is 14.1. The van der Waals surface area contributed by atoms with Gasteiger partial charge in [-0.1, -0.05) is 11.6 Å². The number of rotatable bonds is 4. The highest BCUT2D eigenvalue weighted by Gasteiger charge is 2.34. The van der Waals surface area contributed by atoms with Gasteiger partial charge in [-0.05, 0) is 79.6 Å². The minimum Gasteiger partial charge on any atom is -0.497 e. The summed E-state index contributed by atoms with van der Waals surface area (Å²) in [5.41, 5.74) is 0.709. The maximum atomic E-state index is 13.2. The van der Waals surface area contributed by atoms with Crippen LogP contribution in [0, 0.1) is 0 Å².